The van der Waals surface area contributed by atoms with Crippen molar-refractivity contribution in [2.75, 3.05) is 6.61 Å². The summed E-state index contributed by atoms with van der Waals surface area (Å²) in [6.45, 7) is 9.97. The molecule has 0 saturated carbocycles. The zero-order chi connectivity index (χ0) is 26.7. The topological polar surface area (TPSA) is 136 Å². The first kappa shape index (κ1) is 25.8. The number of ether oxygens (including phenoxy) is 2. The van der Waals surface area contributed by atoms with Crippen LogP contribution in [0, 0.1) is 27.7 Å². The second kappa shape index (κ2) is 10.4. The molecule has 0 saturated heterocycles. The minimum absolute atomic E-state index is 0. The van der Waals surface area contributed by atoms with E-state index in [4.69, 9.17) is 9.47 Å². The molecule has 2 N–H and O–H groups in total. The van der Waals surface area contributed by atoms with Gasteiger partial charge in [-0.3, -0.25) is 9.89 Å². The Labute approximate surface area is 216 Å². The van der Waals surface area contributed by atoms with Gasteiger partial charge in [-0.05, 0) is 75.6 Å². The average Bonchev–Trinajstić information content (AvgIpc) is 3.37. The van der Waals surface area contributed by atoms with Crippen molar-refractivity contribution in [1.82, 2.24) is 24.9 Å². The van der Waals surface area contributed by atoms with Crippen LogP contribution in [0.3, 0.4) is 0 Å². The van der Waals surface area contributed by atoms with Gasteiger partial charge >= 0.3 is 0 Å². The number of pyridine rings is 2. The van der Waals surface area contributed by atoms with Crippen LogP contribution < -0.4 is 14.2 Å². The molecule has 194 valence electrons. The molecule has 4 aromatic rings. The summed E-state index contributed by atoms with van der Waals surface area (Å²) in [5.41, 5.74) is 4.53. The summed E-state index contributed by atoms with van der Waals surface area (Å²) in [6.07, 6.45) is 1.28. The molecule has 10 nitrogen and oxygen atoms in total. The van der Waals surface area contributed by atoms with E-state index in [2.05, 4.69) is 20.2 Å². The van der Waals surface area contributed by atoms with Crippen LogP contribution in [0.15, 0.2) is 53.7 Å². The monoisotopic (exact) mass is 523 g/mol. The number of carbonyl (C=O) groups excluding carboxylic acids is 1. The van der Waals surface area contributed by atoms with E-state index in [9.17, 15) is 13.2 Å². The summed E-state index contributed by atoms with van der Waals surface area (Å²) in [4.78, 5) is 22.2. The Balaban J connectivity index is 0.00000400. The van der Waals surface area contributed by atoms with Crippen LogP contribution in [0.1, 0.15) is 41.0 Å². The van der Waals surface area contributed by atoms with Gasteiger partial charge in [0.15, 0.2) is 5.03 Å². The first-order chi connectivity index (χ1) is 17.6. The highest BCUT2D eigenvalue weighted by atomic mass is 32.2. The fraction of sp³-hybridized carbons (Fsp3) is 0.231. The molecule has 37 heavy (non-hydrogen) atoms. The maximum Gasteiger partial charge on any atom is 0.281 e. The maximum absolute atomic E-state index is 13.2. The van der Waals surface area contributed by atoms with E-state index in [1.54, 1.807) is 6.07 Å². The van der Waals surface area contributed by atoms with Crippen molar-refractivity contribution >= 4 is 15.9 Å². The molecule has 0 bridgehead atoms. The van der Waals surface area contributed by atoms with Crippen LogP contribution in [0.25, 0.3) is 11.4 Å². The number of aryl methyl sites for hydroxylation is 4. The Morgan fingerprint density at radius 1 is 0.973 bits per heavy atom. The quantitative estimate of drug-likeness (QED) is 0.340. The third kappa shape index (κ3) is 5.78. The number of rotatable bonds is 8. The Morgan fingerprint density at radius 2 is 1.68 bits per heavy atom. The van der Waals surface area contributed by atoms with Crippen molar-refractivity contribution in [3.05, 3.63) is 76.5 Å². The third-order valence-corrected chi connectivity index (χ3v) is 6.66. The number of aromatic amines is 1. The zero-order valence-electron chi connectivity index (χ0n) is 21.1. The molecule has 0 aliphatic heterocycles. The van der Waals surface area contributed by atoms with Crippen LogP contribution in [0.4, 0.5) is 0 Å². The lowest BCUT2D eigenvalue weighted by atomic mass is 10.1. The van der Waals surface area contributed by atoms with Crippen molar-refractivity contribution in [2.45, 2.75) is 39.6 Å². The van der Waals surface area contributed by atoms with Crippen molar-refractivity contribution in [3.8, 4) is 28.9 Å². The van der Waals surface area contributed by atoms with Gasteiger partial charge in [-0.15, -0.1) is 0 Å². The molecule has 1 aromatic carbocycles. The van der Waals surface area contributed by atoms with E-state index in [0.717, 1.165) is 22.3 Å². The Kier molecular flexibility index (Phi) is 7.25. The Bertz CT molecular complexity index is 1550. The van der Waals surface area contributed by atoms with Crippen LogP contribution in [0.2, 0.25) is 0 Å². The largest absolute Gasteiger partial charge is 0.478 e. The van der Waals surface area contributed by atoms with E-state index < -0.39 is 15.9 Å². The molecule has 0 fully saturated rings. The fourth-order valence-corrected chi connectivity index (χ4v) is 4.75. The molecule has 0 atom stereocenters. The number of nitrogens with zero attached hydrogens (tertiary/aromatic N) is 3. The minimum atomic E-state index is -4.19. The molecule has 4 rings (SSSR count). The van der Waals surface area contributed by atoms with Gasteiger partial charge in [-0.25, -0.2) is 14.7 Å². The van der Waals surface area contributed by atoms with E-state index in [1.807, 2.05) is 63.6 Å². The summed E-state index contributed by atoms with van der Waals surface area (Å²) in [7, 11) is -4.19. The molecule has 1 amide bonds. The number of hydrogen-bond donors (Lipinski definition) is 2. The number of carbonyl (C=O) groups is 1. The Hall–Kier alpha value is -4.25. The molecule has 0 aliphatic carbocycles. The van der Waals surface area contributed by atoms with Gasteiger partial charge < -0.3 is 9.47 Å². The van der Waals surface area contributed by atoms with Gasteiger partial charge in [0.25, 0.3) is 15.9 Å². The summed E-state index contributed by atoms with van der Waals surface area (Å²) in [5, 5.41) is 5.73. The highest BCUT2D eigenvalue weighted by Crippen LogP contribution is 2.33. The second-order valence-electron chi connectivity index (χ2n) is 8.54. The summed E-state index contributed by atoms with van der Waals surface area (Å²) >= 11 is 0. The van der Waals surface area contributed by atoms with E-state index >= 15 is 0 Å². The molecule has 11 heteroatoms. The molecule has 0 aliphatic rings. The Morgan fingerprint density at radius 3 is 2.32 bits per heavy atom. The molecule has 0 spiro atoms. The number of amides is 1. The number of nitrogens with one attached hydrogen (secondary N) is 2. The van der Waals surface area contributed by atoms with E-state index in [1.165, 1.54) is 18.3 Å². The molecular weight excluding hydrogens is 494 g/mol. The van der Waals surface area contributed by atoms with Crippen LogP contribution in [-0.4, -0.2) is 41.1 Å². The van der Waals surface area contributed by atoms with Gasteiger partial charge in [0, 0.05) is 7.49 Å². The smallest absolute Gasteiger partial charge is 0.281 e. The number of H-pyrrole nitrogens is 1. The SMILES string of the molecule is CCOc1cc(C)cc(-c2ccc(C(=O)NS(=O)(=O)c3ccn[nH]3)c(Oc3c(C)cc(C)cc3C)n2)n1.[HH]. The van der Waals surface area contributed by atoms with Crippen LogP contribution in [-0.2, 0) is 10.0 Å². The molecular formula is C26H29N5O5S. The molecule has 0 unspecified atom stereocenters. The molecule has 3 heterocycles. The predicted octanol–water partition coefficient (Wildman–Crippen LogP) is 4.66. The predicted molar refractivity (Wildman–Crippen MR) is 139 cm³/mol. The van der Waals surface area contributed by atoms with Gasteiger partial charge in [0.2, 0.25) is 11.8 Å². The molecule has 0 radical (unpaired) electrons. The van der Waals surface area contributed by atoms with Gasteiger partial charge in [0.05, 0.1) is 24.2 Å². The van der Waals surface area contributed by atoms with Crippen LogP contribution in [0.5, 0.6) is 17.5 Å². The third-order valence-electron chi connectivity index (χ3n) is 5.40. The average molecular weight is 524 g/mol. The summed E-state index contributed by atoms with van der Waals surface area (Å²) in [6, 6.07) is 11.8. The highest BCUT2D eigenvalue weighted by molar-refractivity contribution is 7.90. The number of benzene rings is 1. The van der Waals surface area contributed by atoms with Crippen molar-refractivity contribution < 1.29 is 24.1 Å². The van der Waals surface area contributed by atoms with E-state index in [-0.39, 0.29) is 17.9 Å². The van der Waals surface area contributed by atoms with Gasteiger partial charge in [-0.2, -0.15) is 13.5 Å². The number of aromatic nitrogens is 4. The van der Waals surface area contributed by atoms with Gasteiger partial charge in [0.1, 0.15) is 11.3 Å². The van der Waals surface area contributed by atoms with Crippen molar-refractivity contribution in [3.63, 3.8) is 0 Å². The lowest BCUT2D eigenvalue weighted by Crippen LogP contribution is -2.31. The fourth-order valence-electron chi connectivity index (χ4n) is 3.87. The lowest BCUT2D eigenvalue weighted by Gasteiger charge is -2.16. The highest BCUT2D eigenvalue weighted by Gasteiger charge is 2.25. The first-order valence-electron chi connectivity index (χ1n) is 11.5. The van der Waals surface area contributed by atoms with Crippen molar-refractivity contribution in [1.29, 1.82) is 0 Å². The van der Waals surface area contributed by atoms with Gasteiger partial charge in [-0.1, -0.05) is 17.7 Å². The standard InChI is InChI=1S/C26H27N5O5S.H2/c1-6-35-22-14-16(3)13-21(28-22)20-8-7-19(25(32)31-37(33,34)23-9-10-27-30-23)26(29-20)36-24-17(4)11-15(2)12-18(24)5;/h7-14H,6H2,1-5H3,(H,27,30)(H,31,32);1H. The summed E-state index contributed by atoms with van der Waals surface area (Å²) in [5.74, 6) is -0.00296. The maximum atomic E-state index is 13.2. The normalized spacial score (nSPS) is 11.3. The number of sulfonamides is 1. The zero-order valence-corrected chi connectivity index (χ0v) is 21.9. The lowest BCUT2D eigenvalue weighted by molar-refractivity contribution is 0.0978. The van der Waals surface area contributed by atoms with Crippen LogP contribution >= 0.6 is 0 Å². The van der Waals surface area contributed by atoms with E-state index in [0.29, 0.717) is 29.6 Å². The van der Waals surface area contributed by atoms with Crippen molar-refractivity contribution in [2.24, 2.45) is 0 Å². The minimum Gasteiger partial charge on any atom is -0.478 e. The number of hydrogen-bond acceptors (Lipinski definition) is 8. The first-order valence-corrected chi connectivity index (χ1v) is 13.0. The molecule has 3 aromatic heterocycles. The second-order valence-corrected chi connectivity index (χ2v) is 10.2. The summed E-state index contributed by atoms with van der Waals surface area (Å²) < 4.78 is 39.0.